The molecule has 0 spiro atoms. The predicted octanol–water partition coefficient (Wildman–Crippen LogP) is -2.25. The second kappa shape index (κ2) is 46.2. The molecular weight excluding hydrogens is 1640 g/mol. The number of aromatic nitrogens is 4. The summed E-state index contributed by atoms with van der Waals surface area (Å²) < 4.78 is 0. The van der Waals surface area contributed by atoms with Crippen LogP contribution in [0.4, 0.5) is 0 Å². The summed E-state index contributed by atoms with van der Waals surface area (Å²) in [5.74, 6) is -17.5. The van der Waals surface area contributed by atoms with Gasteiger partial charge in [-0.3, -0.25) is 71.9 Å². The summed E-state index contributed by atoms with van der Waals surface area (Å²) in [6.07, 6.45) is 2.79. The second-order valence-corrected chi connectivity index (χ2v) is 30.8. The smallest absolute Gasteiger partial charge is 0.326 e. The minimum absolute atomic E-state index is 0.102. The zero-order chi connectivity index (χ0) is 89.7. The number of carbonyl (C=O) groups is 16. The minimum atomic E-state index is -1.88. The largest absolute Gasteiger partial charge is 0.508 e. The number of nitrogens with two attached hydrogens (primary N) is 1. The monoisotopic (exact) mass is 1740 g/mol. The van der Waals surface area contributed by atoms with E-state index in [9.17, 15) is 87.5 Å². The van der Waals surface area contributed by atoms with Crippen molar-refractivity contribution in [1.82, 2.24) is 94.0 Å². The summed E-state index contributed by atoms with van der Waals surface area (Å²) in [5.41, 5.74) is 8.90. The van der Waals surface area contributed by atoms with Crippen LogP contribution in [0, 0.1) is 5.92 Å². The molecule has 1 fully saturated rings. The lowest BCUT2D eigenvalue weighted by atomic mass is 9.99. The maximum atomic E-state index is 15.3. The minimum Gasteiger partial charge on any atom is -0.508 e. The molecule has 39 nitrogen and oxygen atoms in total. The molecular formula is C82H105N19O20S2. The molecule has 660 valence electrons. The SMILES string of the molecule is CC(=O)N[C@@H](CS)C(=O)N[C@@H](C)C(=O)N[C@@H](CC(=O)O)C(=O)N[C@@H](Cc1c[nH]c2ccccc12)C(=O)N[C@H](C(=O)N[C@@H](CS)C(=O)N[C@@H](Cc1ccc(O)cc1)C(=O)N[C@@H](Cc1c[nH]c2ccccc12)C(=O)N[C@@H](Cc1cnc[nH]1)C(=O)N[C@H](C(=O)N[C@@H](Cc1ccccc1)C(=O)NCC(=O)N1CC[C@H]1C(=O)N[C@H](CCCCN)C(=O)O)[C@@H](C)O)C(C)C. The number of phenols is 1. The number of para-hydroxylation sites is 2. The number of hydrogen-bond acceptors (Lipinski definition) is 22. The number of aliphatic carboxylic acids is 2. The van der Waals surface area contributed by atoms with Crippen LogP contribution in [0.25, 0.3) is 21.8 Å². The molecule has 4 heterocycles. The lowest BCUT2D eigenvalue weighted by molar-refractivity contribution is -0.149. The van der Waals surface area contributed by atoms with Crippen molar-refractivity contribution in [1.29, 1.82) is 0 Å². The molecule has 123 heavy (non-hydrogen) atoms. The number of fused-ring (bicyclic) bond motifs is 2. The van der Waals surface area contributed by atoms with E-state index in [-0.39, 0.29) is 68.7 Å². The van der Waals surface area contributed by atoms with Gasteiger partial charge in [0.1, 0.15) is 84.3 Å². The van der Waals surface area contributed by atoms with Gasteiger partial charge in [0.15, 0.2) is 0 Å². The number of phenolic OH excluding ortho intramolecular Hbond substituents is 1. The van der Waals surface area contributed by atoms with Crippen molar-refractivity contribution < 1.29 is 97.1 Å². The number of imidazole rings is 1. The van der Waals surface area contributed by atoms with E-state index in [1.54, 1.807) is 105 Å². The number of amides is 14. The number of thiol groups is 2. The van der Waals surface area contributed by atoms with E-state index in [2.05, 4.69) is 114 Å². The Morgan fingerprint density at radius 2 is 0.959 bits per heavy atom. The van der Waals surface area contributed by atoms with E-state index in [0.29, 0.717) is 63.4 Å². The lowest BCUT2D eigenvalue weighted by Gasteiger charge is -2.40. The predicted molar refractivity (Wildman–Crippen MR) is 453 cm³/mol. The number of aliphatic hydroxyl groups excluding tert-OH is 1. The number of rotatable bonds is 47. The Kier molecular flexibility index (Phi) is 35.9. The van der Waals surface area contributed by atoms with E-state index in [4.69, 9.17) is 5.73 Å². The molecule has 8 rings (SSSR count). The van der Waals surface area contributed by atoms with Gasteiger partial charge in [0.2, 0.25) is 82.7 Å². The fraction of sp³-hybridized carbons (Fsp3) is 0.427. The number of H-pyrrole nitrogens is 3. The zero-order valence-electron chi connectivity index (χ0n) is 68.1. The fourth-order valence-electron chi connectivity index (χ4n) is 13.5. The normalized spacial score (nSPS) is 15.6. The van der Waals surface area contributed by atoms with Gasteiger partial charge in [-0.15, -0.1) is 0 Å². The van der Waals surface area contributed by atoms with Gasteiger partial charge in [-0.25, -0.2) is 9.78 Å². The number of carboxylic acid groups (broad SMARTS) is 2. The van der Waals surface area contributed by atoms with Crippen molar-refractivity contribution in [3.63, 3.8) is 0 Å². The number of nitrogens with one attached hydrogen (secondary N) is 16. The van der Waals surface area contributed by atoms with Gasteiger partial charge >= 0.3 is 11.9 Å². The van der Waals surface area contributed by atoms with Crippen molar-refractivity contribution in [2.75, 3.05) is 31.1 Å². The van der Waals surface area contributed by atoms with Crippen molar-refractivity contribution in [3.8, 4) is 5.75 Å². The van der Waals surface area contributed by atoms with Gasteiger partial charge in [-0.2, -0.15) is 25.3 Å². The number of likely N-dealkylation sites (tertiary alicyclic amines) is 1. The zero-order valence-corrected chi connectivity index (χ0v) is 69.9. The average molecular weight is 1740 g/mol. The summed E-state index contributed by atoms with van der Waals surface area (Å²) in [6, 6.07) is 7.95. The van der Waals surface area contributed by atoms with Crippen molar-refractivity contribution >= 4 is 142 Å². The van der Waals surface area contributed by atoms with Crippen LogP contribution in [-0.2, 0) is 109 Å². The highest BCUT2D eigenvalue weighted by atomic mass is 32.1. The molecule has 4 aromatic carbocycles. The second-order valence-electron chi connectivity index (χ2n) is 30.1. The van der Waals surface area contributed by atoms with Gasteiger partial charge in [0.05, 0.1) is 25.4 Å². The third kappa shape index (κ3) is 28.1. The topological polar surface area (TPSA) is 600 Å². The number of unbranched alkanes of at least 4 members (excludes halogenated alkanes) is 1. The quantitative estimate of drug-likeness (QED) is 0.0142. The van der Waals surface area contributed by atoms with Gasteiger partial charge in [-0.1, -0.05) is 92.7 Å². The number of aromatic amines is 3. The summed E-state index contributed by atoms with van der Waals surface area (Å²) in [7, 11) is 0. The van der Waals surface area contributed by atoms with Crippen molar-refractivity contribution in [3.05, 3.63) is 156 Å². The average Bonchev–Trinajstić information content (AvgIpc) is 1.78. The molecule has 0 saturated carbocycles. The summed E-state index contributed by atoms with van der Waals surface area (Å²) >= 11 is 8.49. The molecule has 1 saturated heterocycles. The molecule has 22 N–H and O–H groups in total. The van der Waals surface area contributed by atoms with Crippen LogP contribution in [0.3, 0.4) is 0 Å². The van der Waals surface area contributed by atoms with Crippen LogP contribution < -0.4 is 74.9 Å². The van der Waals surface area contributed by atoms with E-state index in [1.165, 1.54) is 55.5 Å². The van der Waals surface area contributed by atoms with Crippen LogP contribution in [0.1, 0.15) is 94.7 Å². The molecule has 0 unspecified atom stereocenters. The first-order valence-corrected chi connectivity index (χ1v) is 41.0. The first-order valence-electron chi connectivity index (χ1n) is 39.8. The number of aliphatic hydroxyl groups is 1. The van der Waals surface area contributed by atoms with Crippen LogP contribution in [0.5, 0.6) is 5.75 Å². The Labute approximate surface area is 717 Å². The van der Waals surface area contributed by atoms with Crippen molar-refractivity contribution in [2.24, 2.45) is 11.7 Å². The third-order valence-electron chi connectivity index (χ3n) is 20.4. The number of aromatic hydroxyl groups is 1. The molecule has 1 aliphatic heterocycles. The highest BCUT2D eigenvalue weighted by Crippen LogP contribution is 2.24. The number of benzene rings is 4. The Morgan fingerprint density at radius 1 is 0.496 bits per heavy atom. The Balaban J connectivity index is 1.01. The highest BCUT2D eigenvalue weighted by molar-refractivity contribution is 7.80. The molecule has 0 bridgehead atoms. The number of hydrogen-bond donors (Lipinski definition) is 23. The van der Waals surface area contributed by atoms with Crippen molar-refractivity contribution in [2.45, 2.75) is 183 Å². The standard InChI is InChI=1S/C82H105N19O20S2/c1-42(2)68(99-75(113)60(32-49-36-86-55-20-12-10-18-53(49)55)95-74(112)62(34-67(106)107)92-70(108)43(3)89-77(115)63(39-122)90-45(5)103)80(118)98-64(40-123)78(116)93-58(30-47-22-24-51(104)25-23-47)72(110)94-59(31-48-35-85-54-19-11-9-17-52(48)54)73(111)96-61(33-50-37-84-41-88-50)76(114)100-69(44(4)102)81(119)97-57(29-46-15-7-6-8-16-46)71(109)87-38-66(105)101-28-26-65(101)79(117)91-56(82(120)121)21-13-14-27-83/h6-12,15-20,22-25,35-37,41-44,56-65,68-69,85-86,102,104,122-123H,13-14,21,26-34,38-40,83H2,1-5H3,(H,84,88)(H,87,109)(H,89,115)(H,90,103)(H,91,117)(H,92,108)(H,93,116)(H,94,110)(H,95,112)(H,96,111)(H,97,119)(H,98,118)(H,99,113)(H,100,114)(H,106,107)(H,120,121)/t43-,44+,56+,57-,58-,59-,60-,61-,62-,63-,64-,65-,68-,69-/m0/s1. The lowest BCUT2D eigenvalue weighted by Crippen LogP contribution is -2.63. The maximum absolute atomic E-state index is 15.3. The Morgan fingerprint density at radius 3 is 1.46 bits per heavy atom. The molecule has 0 radical (unpaired) electrons. The Hall–Kier alpha value is -12.9. The fourth-order valence-corrected chi connectivity index (χ4v) is 14.1. The summed E-state index contributed by atoms with van der Waals surface area (Å²) in [4.78, 5) is 237. The molecule has 0 aliphatic carbocycles. The third-order valence-corrected chi connectivity index (χ3v) is 21.1. The van der Waals surface area contributed by atoms with Crippen LogP contribution in [0.2, 0.25) is 0 Å². The van der Waals surface area contributed by atoms with E-state index < -0.39 is 204 Å². The molecule has 14 amide bonds. The first-order chi connectivity index (χ1) is 58.6. The molecule has 1 aliphatic rings. The maximum Gasteiger partial charge on any atom is 0.326 e. The molecule has 41 heteroatoms. The number of carbonyl (C=O) groups excluding carboxylic acids is 14. The first kappa shape index (κ1) is 95.6. The van der Waals surface area contributed by atoms with E-state index in [0.717, 1.165) is 6.92 Å². The van der Waals surface area contributed by atoms with Gasteiger partial charge in [-0.05, 0) is 98.5 Å². The van der Waals surface area contributed by atoms with Crippen LogP contribution in [-0.4, -0.2) is 256 Å². The van der Waals surface area contributed by atoms with Gasteiger partial charge < -0.3 is 115 Å². The van der Waals surface area contributed by atoms with E-state index in [1.807, 2.05) is 0 Å². The summed E-state index contributed by atoms with van der Waals surface area (Å²) in [5, 5.41) is 75.5. The Bertz CT molecular complexity index is 4900. The van der Waals surface area contributed by atoms with Crippen LogP contribution >= 0.6 is 25.3 Å². The summed E-state index contributed by atoms with van der Waals surface area (Å²) in [6.45, 7) is 6.43. The van der Waals surface area contributed by atoms with Gasteiger partial charge in [0, 0.05) is 103 Å². The molecule has 14 atom stereocenters. The number of nitrogens with zero attached hydrogens (tertiary/aromatic N) is 2. The highest BCUT2D eigenvalue weighted by Gasteiger charge is 2.42. The number of carboxylic acids is 2. The molecule has 3 aromatic heterocycles. The van der Waals surface area contributed by atoms with E-state index >= 15 is 9.59 Å². The van der Waals surface area contributed by atoms with Gasteiger partial charge in [0.25, 0.3) is 0 Å². The van der Waals surface area contributed by atoms with Crippen LogP contribution in [0.15, 0.2) is 128 Å². The molecule has 7 aromatic rings.